The number of anilines is 1. The van der Waals surface area contributed by atoms with E-state index in [1.807, 2.05) is 45.0 Å². The molecule has 0 aliphatic carbocycles. The van der Waals surface area contributed by atoms with Crippen LogP contribution in [0, 0.1) is 20.8 Å². The molecule has 3 nitrogen and oxygen atoms in total. The highest BCUT2D eigenvalue weighted by Crippen LogP contribution is 2.22. The summed E-state index contributed by atoms with van der Waals surface area (Å²) < 4.78 is 5.17. The Morgan fingerprint density at radius 1 is 1.09 bits per heavy atom. The molecule has 0 heterocycles. The molecule has 0 atom stereocenters. The normalized spacial score (nSPS) is 10.7. The first-order chi connectivity index (χ1) is 10.5. The number of hydrogen-bond donors (Lipinski definition) is 1. The molecule has 22 heavy (non-hydrogen) atoms. The molecular weight excluding hydrogens is 274 g/mol. The fraction of sp³-hybridized carbons (Fsp3) is 0.211. The molecule has 0 unspecified atom stereocenters. The van der Waals surface area contributed by atoms with Gasteiger partial charge in [0.25, 0.3) is 0 Å². The van der Waals surface area contributed by atoms with Crippen molar-refractivity contribution in [2.24, 2.45) is 0 Å². The quantitative estimate of drug-likeness (QED) is 0.855. The number of amides is 1. The number of benzene rings is 2. The van der Waals surface area contributed by atoms with Gasteiger partial charge in [0.15, 0.2) is 0 Å². The van der Waals surface area contributed by atoms with Gasteiger partial charge in [-0.15, -0.1) is 0 Å². The van der Waals surface area contributed by atoms with Crippen molar-refractivity contribution in [3.63, 3.8) is 0 Å². The molecule has 0 aromatic heterocycles. The summed E-state index contributed by atoms with van der Waals surface area (Å²) in [6, 6.07) is 11.7. The number of ether oxygens (including phenoxy) is 1. The second kappa shape index (κ2) is 6.94. The summed E-state index contributed by atoms with van der Waals surface area (Å²) in [5.74, 6) is 0.630. The van der Waals surface area contributed by atoms with Crippen LogP contribution in [-0.4, -0.2) is 13.0 Å². The van der Waals surface area contributed by atoms with Crippen molar-refractivity contribution in [2.45, 2.75) is 20.8 Å². The molecule has 0 spiro atoms. The second-order valence-electron chi connectivity index (χ2n) is 5.37. The van der Waals surface area contributed by atoms with Gasteiger partial charge in [0.1, 0.15) is 5.75 Å². The van der Waals surface area contributed by atoms with Crippen LogP contribution in [0.1, 0.15) is 22.3 Å². The number of carbonyl (C=O) groups is 1. The maximum absolute atomic E-state index is 12.1. The number of carbonyl (C=O) groups excluding carboxylic acids is 1. The van der Waals surface area contributed by atoms with E-state index in [0.717, 1.165) is 28.1 Å². The highest BCUT2D eigenvalue weighted by atomic mass is 16.5. The lowest BCUT2D eigenvalue weighted by atomic mass is 10.1. The first-order valence-electron chi connectivity index (χ1n) is 7.20. The van der Waals surface area contributed by atoms with Gasteiger partial charge in [0, 0.05) is 11.8 Å². The maximum atomic E-state index is 12.1. The lowest BCUT2D eigenvalue weighted by Gasteiger charge is -2.11. The molecule has 2 aromatic rings. The predicted molar refractivity (Wildman–Crippen MR) is 91.3 cm³/mol. The van der Waals surface area contributed by atoms with Gasteiger partial charge in [0.05, 0.1) is 7.11 Å². The van der Waals surface area contributed by atoms with Crippen molar-refractivity contribution >= 4 is 17.7 Å². The fourth-order valence-electron chi connectivity index (χ4n) is 2.46. The minimum absolute atomic E-state index is 0.141. The van der Waals surface area contributed by atoms with Gasteiger partial charge in [-0.3, -0.25) is 4.79 Å². The molecule has 2 rings (SSSR count). The van der Waals surface area contributed by atoms with Crippen molar-refractivity contribution in [2.75, 3.05) is 12.4 Å². The van der Waals surface area contributed by atoms with Crippen molar-refractivity contribution in [1.82, 2.24) is 0 Å². The van der Waals surface area contributed by atoms with Crippen molar-refractivity contribution in [1.29, 1.82) is 0 Å². The third-order valence-electron chi connectivity index (χ3n) is 3.45. The molecule has 1 N–H and O–H groups in total. The van der Waals surface area contributed by atoms with Crippen LogP contribution in [0.25, 0.3) is 6.08 Å². The summed E-state index contributed by atoms with van der Waals surface area (Å²) in [7, 11) is 1.62. The molecule has 0 saturated heterocycles. The van der Waals surface area contributed by atoms with Crippen molar-refractivity contribution in [3.8, 4) is 5.75 Å². The van der Waals surface area contributed by atoms with E-state index >= 15 is 0 Å². The van der Waals surface area contributed by atoms with Crippen LogP contribution in [0.15, 0.2) is 42.5 Å². The predicted octanol–water partition coefficient (Wildman–Crippen LogP) is 4.27. The molecule has 0 aliphatic heterocycles. The van der Waals surface area contributed by atoms with Gasteiger partial charge < -0.3 is 10.1 Å². The van der Waals surface area contributed by atoms with E-state index in [0.29, 0.717) is 0 Å². The Kier molecular flexibility index (Phi) is 4.99. The molecule has 2 aromatic carbocycles. The Labute approximate surface area is 131 Å². The number of aryl methyl sites for hydroxylation is 3. The first kappa shape index (κ1) is 15.8. The summed E-state index contributed by atoms with van der Waals surface area (Å²) in [5.41, 5.74) is 5.14. The third kappa shape index (κ3) is 3.98. The third-order valence-corrected chi connectivity index (χ3v) is 3.45. The Morgan fingerprint density at radius 3 is 2.41 bits per heavy atom. The number of hydrogen-bond acceptors (Lipinski definition) is 2. The topological polar surface area (TPSA) is 38.3 Å². The summed E-state index contributed by atoms with van der Waals surface area (Å²) in [6.45, 7) is 6.05. The zero-order chi connectivity index (χ0) is 16.1. The molecule has 3 heteroatoms. The van der Waals surface area contributed by atoms with E-state index in [-0.39, 0.29) is 5.91 Å². The Bertz CT molecular complexity index is 694. The van der Waals surface area contributed by atoms with Gasteiger partial charge in [-0.2, -0.15) is 0 Å². The Morgan fingerprint density at radius 2 is 1.77 bits per heavy atom. The van der Waals surface area contributed by atoms with Crippen molar-refractivity contribution in [3.05, 3.63) is 64.7 Å². The summed E-state index contributed by atoms with van der Waals surface area (Å²) in [5, 5.41) is 2.95. The van der Waals surface area contributed by atoms with Gasteiger partial charge in [-0.25, -0.2) is 0 Å². The highest BCUT2D eigenvalue weighted by molar-refractivity contribution is 6.02. The van der Waals surface area contributed by atoms with Gasteiger partial charge in [-0.1, -0.05) is 29.8 Å². The van der Waals surface area contributed by atoms with E-state index in [9.17, 15) is 4.79 Å². The van der Waals surface area contributed by atoms with E-state index in [1.165, 1.54) is 11.6 Å². The lowest BCUT2D eigenvalue weighted by molar-refractivity contribution is -0.111. The van der Waals surface area contributed by atoms with Crippen LogP contribution in [-0.2, 0) is 4.79 Å². The monoisotopic (exact) mass is 295 g/mol. The summed E-state index contributed by atoms with van der Waals surface area (Å²) in [6.07, 6.45) is 3.31. The minimum Gasteiger partial charge on any atom is -0.497 e. The zero-order valence-corrected chi connectivity index (χ0v) is 13.4. The van der Waals surface area contributed by atoms with Gasteiger partial charge >= 0.3 is 0 Å². The standard InChI is InChI=1S/C19H21NO2/c1-13-10-14(2)19(15(3)11-13)20-18(21)9-8-16-6-5-7-17(12-16)22-4/h5-12H,1-4H3,(H,20,21). The minimum atomic E-state index is -0.141. The largest absolute Gasteiger partial charge is 0.497 e. The van der Waals surface area contributed by atoms with E-state index in [1.54, 1.807) is 13.2 Å². The van der Waals surface area contributed by atoms with Crippen LogP contribution in [0.2, 0.25) is 0 Å². The zero-order valence-electron chi connectivity index (χ0n) is 13.4. The maximum Gasteiger partial charge on any atom is 0.248 e. The number of methoxy groups -OCH3 is 1. The highest BCUT2D eigenvalue weighted by Gasteiger charge is 2.06. The molecular formula is C19H21NO2. The van der Waals surface area contributed by atoms with Crippen LogP contribution in [0.3, 0.4) is 0 Å². The van der Waals surface area contributed by atoms with E-state index < -0.39 is 0 Å². The van der Waals surface area contributed by atoms with Crippen LogP contribution >= 0.6 is 0 Å². The average molecular weight is 295 g/mol. The fourth-order valence-corrected chi connectivity index (χ4v) is 2.46. The Balaban J connectivity index is 2.11. The molecule has 1 amide bonds. The van der Waals surface area contributed by atoms with Gasteiger partial charge in [0.2, 0.25) is 5.91 Å². The number of nitrogens with one attached hydrogen (secondary N) is 1. The van der Waals surface area contributed by atoms with E-state index in [2.05, 4.69) is 17.4 Å². The van der Waals surface area contributed by atoms with Crippen LogP contribution in [0.4, 0.5) is 5.69 Å². The molecule has 0 bridgehead atoms. The molecule has 0 radical (unpaired) electrons. The molecule has 0 aliphatic rings. The van der Waals surface area contributed by atoms with E-state index in [4.69, 9.17) is 4.74 Å². The van der Waals surface area contributed by atoms with Gasteiger partial charge in [-0.05, 0) is 55.7 Å². The second-order valence-corrected chi connectivity index (χ2v) is 5.37. The molecule has 114 valence electrons. The summed E-state index contributed by atoms with van der Waals surface area (Å²) in [4.78, 5) is 12.1. The molecule has 0 saturated carbocycles. The van der Waals surface area contributed by atoms with Crippen molar-refractivity contribution < 1.29 is 9.53 Å². The van der Waals surface area contributed by atoms with Crippen LogP contribution < -0.4 is 10.1 Å². The first-order valence-corrected chi connectivity index (χ1v) is 7.20. The Hall–Kier alpha value is -2.55. The smallest absolute Gasteiger partial charge is 0.248 e. The summed E-state index contributed by atoms with van der Waals surface area (Å²) >= 11 is 0. The average Bonchev–Trinajstić information content (AvgIpc) is 2.49. The lowest BCUT2D eigenvalue weighted by Crippen LogP contribution is -2.10. The molecule has 0 fully saturated rings. The number of rotatable bonds is 4. The van der Waals surface area contributed by atoms with Crippen LogP contribution in [0.5, 0.6) is 5.75 Å². The SMILES string of the molecule is COc1cccc(C=CC(=O)Nc2c(C)cc(C)cc2C)c1.